The predicted molar refractivity (Wildman–Crippen MR) is 71.3 cm³/mol. The number of carbonyl (C=O) groups is 1. The summed E-state index contributed by atoms with van der Waals surface area (Å²) in [6.45, 7) is -0.0390. The molecule has 1 atom stereocenters. The fourth-order valence-corrected chi connectivity index (χ4v) is 1.96. The van der Waals surface area contributed by atoms with Gasteiger partial charge in [-0.3, -0.25) is 4.79 Å². The van der Waals surface area contributed by atoms with Crippen LogP contribution in [-0.2, 0) is 10.9 Å². The molecule has 118 valence electrons. The molecule has 0 spiro atoms. The van der Waals surface area contributed by atoms with Gasteiger partial charge in [-0.05, 0) is 18.2 Å². The molecule has 0 fully saturated rings. The van der Waals surface area contributed by atoms with Gasteiger partial charge >= 0.3 is 6.18 Å². The summed E-state index contributed by atoms with van der Waals surface area (Å²) in [6, 6.07) is 2.93. The minimum atomic E-state index is -4.64. The maximum atomic E-state index is 12.7. The van der Waals surface area contributed by atoms with Crippen molar-refractivity contribution in [2.75, 3.05) is 27.3 Å². The van der Waals surface area contributed by atoms with Crippen LogP contribution in [0.1, 0.15) is 15.9 Å². The second-order valence-corrected chi connectivity index (χ2v) is 4.89. The van der Waals surface area contributed by atoms with Gasteiger partial charge in [0.2, 0.25) is 0 Å². The molecule has 1 unspecified atom stereocenters. The molecular formula is C13H15ClF3NO3. The summed E-state index contributed by atoms with van der Waals surface area (Å²) in [5.74, 6) is -0.646. The Kier molecular flexibility index (Phi) is 6.00. The first-order valence-electron chi connectivity index (χ1n) is 5.96. The number of amides is 1. The highest BCUT2D eigenvalue weighted by atomic mass is 35.5. The average Bonchev–Trinajstić information content (AvgIpc) is 2.37. The van der Waals surface area contributed by atoms with E-state index in [1.165, 1.54) is 20.2 Å². The fraction of sp³-hybridized carbons (Fsp3) is 0.462. The Balaban J connectivity index is 2.93. The number of methoxy groups -OCH3 is 1. The highest BCUT2D eigenvalue weighted by molar-refractivity contribution is 6.31. The molecule has 0 aliphatic heterocycles. The third kappa shape index (κ3) is 4.87. The molecule has 0 saturated heterocycles. The smallest absolute Gasteiger partial charge is 0.389 e. The molecule has 0 heterocycles. The van der Waals surface area contributed by atoms with Gasteiger partial charge in [-0.15, -0.1) is 0 Å². The summed E-state index contributed by atoms with van der Waals surface area (Å²) in [7, 11) is 2.77. The highest BCUT2D eigenvalue weighted by Gasteiger charge is 2.34. The minimum Gasteiger partial charge on any atom is -0.389 e. The van der Waals surface area contributed by atoms with Crippen LogP contribution in [0.15, 0.2) is 18.2 Å². The van der Waals surface area contributed by atoms with E-state index in [1.807, 2.05) is 0 Å². The van der Waals surface area contributed by atoms with Gasteiger partial charge in [0.25, 0.3) is 5.91 Å². The Hall–Kier alpha value is -1.31. The second-order valence-electron chi connectivity index (χ2n) is 4.49. The summed E-state index contributed by atoms with van der Waals surface area (Å²) < 4.78 is 42.9. The molecule has 0 saturated carbocycles. The Morgan fingerprint density at radius 2 is 2.10 bits per heavy atom. The first-order valence-corrected chi connectivity index (χ1v) is 6.33. The number of aliphatic hydroxyl groups excluding tert-OH is 1. The summed E-state index contributed by atoms with van der Waals surface area (Å²) in [5, 5.41) is 9.05. The predicted octanol–water partition coefficient (Wildman–Crippen LogP) is 2.44. The first kappa shape index (κ1) is 17.7. The number of carbonyl (C=O) groups excluding carboxylic acids is 1. The van der Waals surface area contributed by atoms with Gasteiger partial charge in [0.15, 0.2) is 0 Å². The van der Waals surface area contributed by atoms with Gasteiger partial charge < -0.3 is 14.7 Å². The Morgan fingerprint density at radius 3 is 2.62 bits per heavy atom. The lowest BCUT2D eigenvalue weighted by Gasteiger charge is -2.21. The Morgan fingerprint density at radius 1 is 1.48 bits per heavy atom. The molecule has 1 aromatic carbocycles. The number of hydrogen-bond donors (Lipinski definition) is 1. The standard InChI is InChI=1S/C13H15ClF3NO3/c1-18(6-9(19)7-21-2)12(20)8-3-4-11(14)10(5-8)13(15,16)17/h3-5,9,19H,6-7H2,1-2H3. The Bertz CT molecular complexity index is 508. The van der Waals surface area contributed by atoms with E-state index < -0.39 is 28.8 Å². The third-order valence-corrected chi connectivity index (χ3v) is 3.04. The van der Waals surface area contributed by atoms with E-state index in [1.54, 1.807) is 0 Å². The van der Waals surface area contributed by atoms with Crippen LogP contribution in [0.5, 0.6) is 0 Å². The summed E-state index contributed by atoms with van der Waals surface area (Å²) in [6.07, 6.45) is -5.56. The van der Waals surface area contributed by atoms with E-state index in [4.69, 9.17) is 16.3 Å². The SMILES string of the molecule is COCC(O)CN(C)C(=O)c1ccc(Cl)c(C(F)(F)F)c1. The third-order valence-electron chi connectivity index (χ3n) is 2.71. The first-order chi connectivity index (χ1) is 9.66. The molecule has 0 aromatic heterocycles. The maximum Gasteiger partial charge on any atom is 0.417 e. The van der Waals surface area contributed by atoms with E-state index in [0.717, 1.165) is 11.0 Å². The van der Waals surface area contributed by atoms with Crippen LogP contribution in [-0.4, -0.2) is 49.3 Å². The van der Waals surface area contributed by atoms with Crippen molar-refractivity contribution in [3.8, 4) is 0 Å². The number of benzene rings is 1. The minimum absolute atomic E-state index is 0.0199. The molecule has 1 aromatic rings. The molecule has 1 N–H and O–H groups in total. The number of halogens is 4. The number of hydrogen-bond acceptors (Lipinski definition) is 3. The van der Waals surface area contributed by atoms with Crippen molar-refractivity contribution in [1.29, 1.82) is 0 Å². The molecule has 0 radical (unpaired) electrons. The van der Waals surface area contributed by atoms with Gasteiger partial charge in [-0.1, -0.05) is 11.6 Å². The van der Waals surface area contributed by atoms with Crippen molar-refractivity contribution < 1.29 is 27.8 Å². The van der Waals surface area contributed by atoms with E-state index in [0.29, 0.717) is 6.07 Å². The lowest BCUT2D eigenvalue weighted by atomic mass is 10.1. The van der Waals surface area contributed by atoms with E-state index in [2.05, 4.69) is 0 Å². The molecule has 0 aliphatic rings. The van der Waals surface area contributed by atoms with Crippen molar-refractivity contribution in [2.45, 2.75) is 12.3 Å². The number of alkyl halides is 3. The van der Waals surface area contributed by atoms with Crippen molar-refractivity contribution >= 4 is 17.5 Å². The van der Waals surface area contributed by atoms with Crippen LogP contribution >= 0.6 is 11.6 Å². The molecular weight excluding hydrogens is 311 g/mol. The quantitative estimate of drug-likeness (QED) is 0.904. The van der Waals surface area contributed by atoms with Gasteiger partial charge in [-0.25, -0.2) is 0 Å². The molecule has 0 bridgehead atoms. The zero-order valence-corrected chi connectivity index (χ0v) is 12.2. The summed E-state index contributed by atoms with van der Waals surface area (Å²) >= 11 is 5.49. The van der Waals surface area contributed by atoms with Crippen molar-refractivity contribution in [1.82, 2.24) is 4.90 Å². The van der Waals surface area contributed by atoms with Crippen LogP contribution in [0, 0.1) is 0 Å². The lowest BCUT2D eigenvalue weighted by Crippen LogP contribution is -2.36. The van der Waals surface area contributed by atoms with Crippen molar-refractivity contribution in [3.63, 3.8) is 0 Å². The summed E-state index contributed by atoms with van der Waals surface area (Å²) in [5.41, 5.74) is -1.22. The monoisotopic (exact) mass is 325 g/mol. The van der Waals surface area contributed by atoms with Gasteiger partial charge in [-0.2, -0.15) is 13.2 Å². The molecule has 1 amide bonds. The topological polar surface area (TPSA) is 49.8 Å². The van der Waals surface area contributed by atoms with E-state index in [9.17, 15) is 23.1 Å². The molecule has 0 aliphatic carbocycles. The van der Waals surface area contributed by atoms with Gasteiger partial charge in [0.05, 0.1) is 23.3 Å². The largest absolute Gasteiger partial charge is 0.417 e. The van der Waals surface area contributed by atoms with Crippen LogP contribution in [0.25, 0.3) is 0 Å². The number of ether oxygens (including phenoxy) is 1. The van der Waals surface area contributed by atoms with Crippen LogP contribution in [0.4, 0.5) is 13.2 Å². The maximum absolute atomic E-state index is 12.7. The van der Waals surface area contributed by atoms with Crippen LogP contribution in [0.3, 0.4) is 0 Å². The fourth-order valence-electron chi connectivity index (χ4n) is 1.74. The number of aliphatic hydroxyl groups is 1. The zero-order valence-electron chi connectivity index (χ0n) is 11.4. The molecule has 4 nitrogen and oxygen atoms in total. The highest BCUT2D eigenvalue weighted by Crippen LogP contribution is 2.35. The second kappa shape index (κ2) is 7.11. The number of rotatable bonds is 5. The number of likely N-dealkylation sites (N-methyl/N-ethyl adjacent to an activating group) is 1. The number of nitrogens with zero attached hydrogens (tertiary/aromatic N) is 1. The van der Waals surface area contributed by atoms with E-state index in [-0.39, 0.29) is 18.7 Å². The van der Waals surface area contributed by atoms with Crippen molar-refractivity contribution in [2.24, 2.45) is 0 Å². The lowest BCUT2D eigenvalue weighted by molar-refractivity contribution is -0.137. The van der Waals surface area contributed by atoms with Gasteiger partial charge in [0, 0.05) is 26.3 Å². The molecule has 21 heavy (non-hydrogen) atoms. The zero-order chi connectivity index (χ0) is 16.2. The normalized spacial score (nSPS) is 13.1. The summed E-state index contributed by atoms with van der Waals surface area (Å²) in [4.78, 5) is 13.2. The average molecular weight is 326 g/mol. The van der Waals surface area contributed by atoms with Gasteiger partial charge in [0.1, 0.15) is 0 Å². The van der Waals surface area contributed by atoms with Crippen molar-refractivity contribution in [3.05, 3.63) is 34.3 Å². The Labute approximate surface area is 125 Å². The van der Waals surface area contributed by atoms with E-state index >= 15 is 0 Å². The van der Waals surface area contributed by atoms with Crippen LogP contribution < -0.4 is 0 Å². The molecule has 8 heteroatoms. The van der Waals surface area contributed by atoms with Crippen LogP contribution in [0.2, 0.25) is 5.02 Å². The molecule has 1 rings (SSSR count).